The molecule has 0 fully saturated rings. The number of halogens is 2. The van der Waals surface area contributed by atoms with Crippen molar-refractivity contribution >= 4 is 22.4 Å². The lowest BCUT2D eigenvalue weighted by Gasteiger charge is -2.21. The second-order valence-electron chi connectivity index (χ2n) is 5.46. The predicted octanol–water partition coefficient (Wildman–Crippen LogP) is 2.55. The molecule has 0 aromatic heterocycles. The number of nitrogens with zero attached hydrogens (tertiary/aromatic N) is 1. The van der Waals surface area contributed by atoms with E-state index in [-0.39, 0.29) is 35.8 Å². The fourth-order valence-corrected chi connectivity index (χ4v) is 3.09. The fourth-order valence-electron chi connectivity index (χ4n) is 1.76. The van der Waals surface area contributed by atoms with Crippen LogP contribution < -0.4 is 5.73 Å². The maximum Gasteiger partial charge on any atom is 0.245 e. The van der Waals surface area contributed by atoms with Crippen LogP contribution in [0, 0.1) is 18.7 Å². The highest BCUT2D eigenvalue weighted by molar-refractivity contribution is 7.89. The lowest BCUT2D eigenvalue weighted by Crippen LogP contribution is -2.35. The minimum atomic E-state index is -3.81. The number of nitrogens with two attached hydrogens (primary N) is 1. The summed E-state index contributed by atoms with van der Waals surface area (Å²) in [6.45, 7) is 5.97. The van der Waals surface area contributed by atoms with E-state index in [1.807, 2.05) is 13.8 Å². The number of hydrogen-bond donors (Lipinski definition) is 1. The molecule has 21 heavy (non-hydrogen) atoms. The molecule has 0 heterocycles. The lowest BCUT2D eigenvalue weighted by molar-refractivity contribution is 0.396. The average Bonchev–Trinajstić information content (AvgIpc) is 2.37. The molecule has 122 valence electrons. The van der Waals surface area contributed by atoms with E-state index < -0.39 is 15.8 Å². The van der Waals surface area contributed by atoms with Crippen LogP contribution in [0.3, 0.4) is 0 Å². The van der Waals surface area contributed by atoms with Gasteiger partial charge in [-0.15, -0.1) is 12.4 Å². The van der Waals surface area contributed by atoms with Crippen LogP contribution in [0.5, 0.6) is 0 Å². The van der Waals surface area contributed by atoms with Crippen LogP contribution in [0.2, 0.25) is 0 Å². The van der Waals surface area contributed by atoms with Gasteiger partial charge in [0.05, 0.1) is 0 Å². The summed E-state index contributed by atoms with van der Waals surface area (Å²) >= 11 is 0. The minimum absolute atomic E-state index is 0. The first-order chi connectivity index (χ1) is 9.16. The Morgan fingerprint density at radius 2 is 1.90 bits per heavy atom. The van der Waals surface area contributed by atoms with Crippen LogP contribution >= 0.6 is 12.4 Å². The Balaban J connectivity index is 0.00000400. The van der Waals surface area contributed by atoms with Gasteiger partial charge in [0.15, 0.2) is 0 Å². The van der Waals surface area contributed by atoms with Gasteiger partial charge in [-0.25, -0.2) is 17.1 Å². The Bertz CT molecular complexity index is 564. The molecule has 0 amide bonds. The smallest absolute Gasteiger partial charge is 0.245 e. The van der Waals surface area contributed by atoms with Crippen LogP contribution in [0.25, 0.3) is 0 Å². The normalized spacial score (nSPS) is 13.3. The highest BCUT2D eigenvalue weighted by atomic mass is 35.5. The molecule has 0 radical (unpaired) electrons. The number of aryl methyl sites for hydroxylation is 1. The second kappa shape index (κ2) is 8.08. The first-order valence-electron chi connectivity index (χ1n) is 6.64. The molecule has 0 aliphatic heterocycles. The third kappa shape index (κ3) is 5.21. The molecule has 1 aromatic carbocycles. The van der Waals surface area contributed by atoms with Gasteiger partial charge < -0.3 is 5.73 Å². The first-order valence-corrected chi connectivity index (χ1v) is 8.08. The number of hydrogen-bond acceptors (Lipinski definition) is 3. The third-order valence-electron chi connectivity index (χ3n) is 3.41. The molecule has 4 nitrogen and oxygen atoms in total. The molecule has 1 aromatic rings. The summed E-state index contributed by atoms with van der Waals surface area (Å²) in [5.74, 6) is -0.447. The summed E-state index contributed by atoms with van der Waals surface area (Å²) in [6.07, 6.45) is 0.542. The zero-order valence-electron chi connectivity index (χ0n) is 12.8. The van der Waals surface area contributed by atoms with E-state index in [0.29, 0.717) is 12.0 Å². The van der Waals surface area contributed by atoms with E-state index >= 15 is 0 Å². The Hall–Kier alpha value is -0.690. The predicted molar refractivity (Wildman–Crippen MR) is 85.6 cm³/mol. The largest absolute Gasteiger partial charge is 0.327 e. The molecule has 0 saturated heterocycles. The van der Waals surface area contributed by atoms with E-state index in [9.17, 15) is 12.8 Å². The maximum absolute atomic E-state index is 13.7. The van der Waals surface area contributed by atoms with Crippen LogP contribution in [0.1, 0.15) is 25.8 Å². The highest BCUT2D eigenvalue weighted by Crippen LogP contribution is 2.20. The average molecular weight is 339 g/mol. The van der Waals surface area contributed by atoms with Crippen molar-refractivity contribution in [1.29, 1.82) is 0 Å². The van der Waals surface area contributed by atoms with Gasteiger partial charge in [-0.3, -0.25) is 0 Å². The van der Waals surface area contributed by atoms with Crippen molar-refractivity contribution in [3.8, 4) is 0 Å². The van der Waals surface area contributed by atoms with E-state index in [0.717, 1.165) is 4.31 Å². The highest BCUT2D eigenvalue weighted by Gasteiger charge is 2.25. The lowest BCUT2D eigenvalue weighted by atomic mass is 10.0. The van der Waals surface area contributed by atoms with E-state index in [2.05, 4.69) is 0 Å². The van der Waals surface area contributed by atoms with Crippen molar-refractivity contribution in [2.75, 3.05) is 13.6 Å². The van der Waals surface area contributed by atoms with Crippen molar-refractivity contribution in [3.05, 3.63) is 29.6 Å². The van der Waals surface area contributed by atoms with Gasteiger partial charge in [-0.1, -0.05) is 19.9 Å². The molecule has 0 saturated carbocycles. The summed E-state index contributed by atoms with van der Waals surface area (Å²) in [7, 11) is -2.36. The summed E-state index contributed by atoms with van der Waals surface area (Å²) < 4.78 is 39.5. The maximum atomic E-state index is 13.7. The zero-order chi connectivity index (χ0) is 15.5. The van der Waals surface area contributed by atoms with E-state index in [1.54, 1.807) is 13.0 Å². The van der Waals surface area contributed by atoms with Crippen LogP contribution in [0.15, 0.2) is 23.1 Å². The topological polar surface area (TPSA) is 63.4 Å². The molecule has 0 spiro atoms. The Labute approximate surface area is 133 Å². The van der Waals surface area contributed by atoms with E-state index in [1.165, 1.54) is 19.2 Å². The van der Waals surface area contributed by atoms with Crippen molar-refractivity contribution in [1.82, 2.24) is 4.31 Å². The SMILES string of the molecule is Cc1ccc(F)c(S(=O)(=O)N(C)CCC(N)C(C)C)c1.Cl. The summed E-state index contributed by atoms with van der Waals surface area (Å²) in [4.78, 5) is -0.280. The van der Waals surface area contributed by atoms with Crippen LogP contribution in [0.4, 0.5) is 4.39 Å². The quantitative estimate of drug-likeness (QED) is 0.867. The molecular weight excluding hydrogens is 315 g/mol. The molecular formula is C14H24ClFN2O2S. The van der Waals surface area contributed by atoms with Gasteiger partial charge in [0.2, 0.25) is 10.0 Å². The zero-order valence-corrected chi connectivity index (χ0v) is 14.5. The molecule has 0 bridgehead atoms. The van der Waals surface area contributed by atoms with Crippen LogP contribution in [-0.4, -0.2) is 32.4 Å². The Kier molecular flexibility index (Phi) is 7.81. The van der Waals surface area contributed by atoms with Gasteiger partial charge in [0.1, 0.15) is 10.7 Å². The van der Waals surface area contributed by atoms with Crippen molar-refractivity contribution in [2.24, 2.45) is 11.7 Å². The second-order valence-corrected chi connectivity index (χ2v) is 7.47. The Morgan fingerprint density at radius 3 is 2.43 bits per heavy atom. The third-order valence-corrected chi connectivity index (χ3v) is 5.28. The summed E-state index contributed by atoms with van der Waals surface area (Å²) in [6, 6.07) is 4.00. The Morgan fingerprint density at radius 1 is 1.33 bits per heavy atom. The number of benzene rings is 1. The monoisotopic (exact) mass is 338 g/mol. The van der Waals surface area contributed by atoms with Gasteiger partial charge in [0, 0.05) is 19.6 Å². The van der Waals surface area contributed by atoms with Gasteiger partial charge in [-0.05, 0) is 37.0 Å². The molecule has 2 N–H and O–H groups in total. The summed E-state index contributed by atoms with van der Waals surface area (Å²) in [5, 5.41) is 0. The number of rotatable bonds is 6. The minimum Gasteiger partial charge on any atom is -0.327 e. The van der Waals surface area contributed by atoms with Gasteiger partial charge >= 0.3 is 0 Å². The fraction of sp³-hybridized carbons (Fsp3) is 0.571. The van der Waals surface area contributed by atoms with Gasteiger partial charge in [-0.2, -0.15) is 0 Å². The number of sulfonamides is 1. The molecule has 7 heteroatoms. The van der Waals surface area contributed by atoms with Crippen LogP contribution in [-0.2, 0) is 10.0 Å². The van der Waals surface area contributed by atoms with Crippen molar-refractivity contribution in [3.63, 3.8) is 0 Å². The van der Waals surface area contributed by atoms with E-state index in [4.69, 9.17) is 5.73 Å². The summed E-state index contributed by atoms with van der Waals surface area (Å²) in [5.41, 5.74) is 6.61. The van der Waals surface area contributed by atoms with Crippen molar-refractivity contribution in [2.45, 2.75) is 38.1 Å². The molecule has 0 aliphatic carbocycles. The standard InChI is InChI=1S/C14H23FN2O2S.ClH/c1-10(2)13(16)7-8-17(4)20(18,19)14-9-11(3)5-6-12(14)15;/h5-6,9-10,13H,7-8,16H2,1-4H3;1H. The first kappa shape index (κ1) is 20.3. The van der Waals surface area contributed by atoms with Gasteiger partial charge in [0.25, 0.3) is 0 Å². The molecule has 1 atom stereocenters. The molecule has 1 unspecified atom stereocenters. The molecule has 1 rings (SSSR count). The van der Waals surface area contributed by atoms with Crippen molar-refractivity contribution < 1.29 is 12.8 Å². The molecule has 0 aliphatic rings.